The molecule has 3 N–H and O–H groups in total. The van der Waals surface area contributed by atoms with Crippen LogP contribution < -0.4 is 10.5 Å². The molecule has 106 valence electrons. The minimum Gasteiger partial charge on any atom is -0.494 e. The van der Waals surface area contributed by atoms with E-state index in [1.807, 2.05) is 61.5 Å². The summed E-state index contributed by atoms with van der Waals surface area (Å²) in [6, 6.07) is 17.0. The highest BCUT2D eigenvalue weighted by Crippen LogP contribution is 2.26. The lowest BCUT2D eigenvalue weighted by atomic mass is 9.96. The lowest BCUT2D eigenvalue weighted by Gasteiger charge is -2.21. The molecule has 3 nitrogen and oxygen atoms in total. The maximum absolute atomic E-state index is 10.3. The number of nitrogens with two attached hydrogens (primary N) is 1. The molecule has 0 spiro atoms. The topological polar surface area (TPSA) is 55.5 Å². The van der Waals surface area contributed by atoms with Gasteiger partial charge < -0.3 is 15.6 Å². The fourth-order valence-corrected chi connectivity index (χ4v) is 2.23. The molecular formula is C17H21NO2. The lowest BCUT2D eigenvalue weighted by molar-refractivity contribution is 0.143. The molecule has 0 unspecified atom stereocenters. The Labute approximate surface area is 120 Å². The molecule has 3 heteroatoms. The summed E-state index contributed by atoms with van der Waals surface area (Å²) in [5.41, 5.74) is 8.11. The van der Waals surface area contributed by atoms with Crippen LogP contribution in [0.15, 0.2) is 54.6 Å². The SMILES string of the molecule is CCOc1ccccc1[C@@H](N)[C@@H](O)Cc1ccccc1. The van der Waals surface area contributed by atoms with Crippen LogP contribution in [-0.2, 0) is 6.42 Å². The Kier molecular flexibility index (Phi) is 5.16. The molecule has 0 aliphatic heterocycles. The van der Waals surface area contributed by atoms with Gasteiger partial charge in [0.1, 0.15) is 5.75 Å². The Morgan fingerprint density at radius 3 is 2.40 bits per heavy atom. The van der Waals surface area contributed by atoms with Crippen molar-refractivity contribution in [3.05, 3.63) is 65.7 Å². The second-order valence-corrected chi connectivity index (χ2v) is 4.75. The van der Waals surface area contributed by atoms with Gasteiger partial charge in [-0.3, -0.25) is 0 Å². The van der Waals surface area contributed by atoms with Crippen LogP contribution in [0.25, 0.3) is 0 Å². The lowest BCUT2D eigenvalue weighted by Crippen LogP contribution is -2.28. The van der Waals surface area contributed by atoms with Crippen LogP contribution in [0.1, 0.15) is 24.1 Å². The quantitative estimate of drug-likeness (QED) is 0.849. The normalized spacial score (nSPS) is 13.8. The first-order valence-electron chi connectivity index (χ1n) is 6.91. The van der Waals surface area contributed by atoms with Gasteiger partial charge in [0.15, 0.2) is 0 Å². The predicted molar refractivity (Wildman–Crippen MR) is 80.7 cm³/mol. The van der Waals surface area contributed by atoms with Crippen LogP contribution in [0.3, 0.4) is 0 Å². The number of aliphatic hydroxyl groups excluding tert-OH is 1. The van der Waals surface area contributed by atoms with Gasteiger partial charge in [-0.15, -0.1) is 0 Å². The van der Waals surface area contributed by atoms with Gasteiger partial charge in [0.25, 0.3) is 0 Å². The average Bonchev–Trinajstić information content (AvgIpc) is 2.48. The van der Waals surface area contributed by atoms with Crippen molar-refractivity contribution in [1.82, 2.24) is 0 Å². The van der Waals surface area contributed by atoms with E-state index >= 15 is 0 Å². The van der Waals surface area contributed by atoms with Gasteiger partial charge in [-0.05, 0) is 18.6 Å². The van der Waals surface area contributed by atoms with Gasteiger partial charge in [0.05, 0.1) is 18.8 Å². The summed E-state index contributed by atoms with van der Waals surface area (Å²) < 4.78 is 5.57. The van der Waals surface area contributed by atoms with E-state index in [4.69, 9.17) is 10.5 Å². The molecule has 20 heavy (non-hydrogen) atoms. The Bertz CT molecular complexity index is 528. The molecule has 0 aliphatic rings. The van der Waals surface area contributed by atoms with Gasteiger partial charge in [-0.25, -0.2) is 0 Å². The van der Waals surface area contributed by atoms with Crippen LogP contribution in [0, 0.1) is 0 Å². The Morgan fingerprint density at radius 2 is 1.70 bits per heavy atom. The van der Waals surface area contributed by atoms with Gasteiger partial charge >= 0.3 is 0 Å². The monoisotopic (exact) mass is 271 g/mol. The van der Waals surface area contributed by atoms with Gasteiger partial charge in [0, 0.05) is 12.0 Å². The Morgan fingerprint density at radius 1 is 1.05 bits per heavy atom. The summed E-state index contributed by atoms with van der Waals surface area (Å²) in [6.45, 7) is 2.52. The largest absolute Gasteiger partial charge is 0.494 e. The summed E-state index contributed by atoms with van der Waals surface area (Å²) >= 11 is 0. The van der Waals surface area contributed by atoms with E-state index in [1.54, 1.807) is 0 Å². The summed E-state index contributed by atoms with van der Waals surface area (Å²) in [6.07, 6.45) is -0.110. The zero-order valence-electron chi connectivity index (χ0n) is 11.7. The van der Waals surface area contributed by atoms with Crippen molar-refractivity contribution >= 4 is 0 Å². The molecule has 0 bridgehead atoms. The smallest absolute Gasteiger partial charge is 0.124 e. The molecule has 0 amide bonds. The summed E-state index contributed by atoms with van der Waals surface area (Å²) in [5, 5.41) is 10.3. The Balaban J connectivity index is 2.12. The molecule has 0 saturated carbocycles. The molecular weight excluding hydrogens is 250 g/mol. The highest BCUT2D eigenvalue weighted by Gasteiger charge is 2.20. The molecule has 0 aromatic heterocycles. The van der Waals surface area contributed by atoms with E-state index in [1.165, 1.54) is 0 Å². The van der Waals surface area contributed by atoms with Crippen molar-refractivity contribution in [1.29, 1.82) is 0 Å². The third kappa shape index (κ3) is 3.59. The van der Waals surface area contributed by atoms with Crippen molar-refractivity contribution in [2.75, 3.05) is 6.61 Å². The van der Waals surface area contributed by atoms with E-state index < -0.39 is 12.1 Å². The number of aliphatic hydroxyl groups is 1. The third-order valence-corrected chi connectivity index (χ3v) is 3.28. The number of hydrogen-bond acceptors (Lipinski definition) is 3. The van der Waals surface area contributed by atoms with E-state index in [-0.39, 0.29) is 0 Å². The third-order valence-electron chi connectivity index (χ3n) is 3.28. The summed E-state index contributed by atoms with van der Waals surface area (Å²) in [5.74, 6) is 0.745. The van der Waals surface area contributed by atoms with Crippen molar-refractivity contribution in [3.63, 3.8) is 0 Å². The van der Waals surface area contributed by atoms with Gasteiger partial charge in [-0.2, -0.15) is 0 Å². The predicted octanol–water partition coefficient (Wildman–Crippen LogP) is 2.69. The zero-order valence-corrected chi connectivity index (χ0v) is 11.7. The first-order chi connectivity index (χ1) is 9.72. The van der Waals surface area contributed by atoms with E-state index in [9.17, 15) is 5.11 Å². The van der Waals surface area contributed by atoms with Gasteiger partial charge in [-0.1, -0.05) is 48.5 Å². The van der Waals surface area contributed by atoms with E-state index in [0.717, 1.165) is 16.9 Å². The summed E-state index contributed by atoms with van der Waals surface area (Å²) in [7, 11) is 0. The minimum absolute atomic E-state index is 0.460. The number of ether oxygens (including phenoxy) is 1. The van der Waals surface area contributed by atoms with Crippen LogP contribution in [-0.4, -0.2) is 17.8 Å². The first kappa shape index (κ1) is 14.6. The molecule has 0 aliphatic carbocycles. The second kappa shape index (κ2) is 7.08. The molecule has 2 atom stereocenters. The number of benzene rings is 2. The molecule has 0 heterocycles. The molecule has 0 radical (unpaired) electrons. The molecule has 0 saturated heterocycles. The van der Waals surface area contributed by atoms with Crippen LogP contribution in [0.2, 0.25) is 0 Å². The zero-order chi connectivity index (χ0) is 14.4. The van der Waals surface area contributed by atoms with Crippen molar-refractivity contribution in [2.24, 2.45) is 5.73 Å². The van der Waals surface area contributed by atoms with Crippen molar-refractivity contribution in [3.8, 4) is 5.75 Å². The second-order valence-electron chi connectivity index (χ2n) is 4.75. The molecule has 2 rings (SSSR count). The number of para-hydroxylation sites is 1. The van der Waals surface area contributed by atoms with Crippen LogP contribution in [0.5, 0.6) is 5.75 Å². The standard InChI is InChI=1S/C17H21NO2/c1-2-20-16-11-7-6-10-14(16)17(18)15(19)12-13-8-4-3-5-9-13/h3-11,15,17,19H,2,12,18H2,1H3/t15-,17+/m0/s1. The number of hydrogen-bond donors (Lipinski definition) is 2. The fourth-order valence-electron chi connectivity index (χ4n) is 2.23. The first-order valence-corrected chi connectivity index (χ1v) is 6.91. The average molecular weight is 271 g/mol. The molecule has 2 aromatic carbocycles. The highest BCUT2D eigenvalue weighted by atomic mass is 16.5. The molecule has 2 aromatic rings. The molecule has 0 fully saturated rings. The maximum Gasteiger partial charge on any atom is 0.124 e. The maximum atomic E-state index is 10.3. The van der Waals surface area contributed by atoms with Crippen LogP contribution in [0.4, 0.5) is 0 Å². The van der Waals surface area contributed by atoms with E-state index in [0.29, 0.717) is 13.0 Å². The van der Waals surface area contributed by atoms with Crippen LogP contribution >= 0.6 is 0 Å². The van der Waals surface area contributed by atoms with E-state index in [2.05, 4.69) is 0 Å². The van der Waals surface area contributed by atoms with Gasteiger partial charge in [0.2, 0.25) is 0 Å². The van der Waals surface area contributed by atoms with Crippen molar-refractivity contribution < 1.29 is 9.84 Å². The summed E-state index contributed by atoms with van der Waals surface area (Å²) in [4.78, 5) is 0. The number of rotatable bonds is 6. The highest BCUT2D eigenvalue weighted by molar-refractivity contribution is 5.36. The minimum atomic E-state index is -0.640. The Hall–Kier alpha value is -1.84. The fraction of sp³-hybridized carbons (Fsp3) is 0.294. The van der Waals surface area contributed by atoms with Crippen molar-refractivity contribution in [2.45, 2.75) is 25.5 Å².